The Kier molecular flexibility index (Phi) is 8.43. The second-order valence-electron chi connectivity index (χ2n) is 9.45. The molecular formula is C23H28F4N4O5S. The molecule has 0 bridgehead atoms. The van der Waals surface area contributed by atoms with Crippen molar-refractivity contribution in [3.05, 3.63) is 35.8 Å². The van der Waals surface area contributed by atoms with Crippen molar-refractivity contribution in [3.63, 3.8) is 0 Å². The fourth-order valence-electron chi connectivity index (χ4n) is 4.72. The van der Waals surface area contributed by atoms with Gasteiger partial charge in [-0.25, -0.2) is 22.2 Å². The maximum atomic E-state index is 14.8. The summed E-state index contributed by atoms with van der Waals surface area (Å²) in [6.45, 7) is -0.650. The SMILES string of the molecule is CN(CC1(F)CCCC1)C(=O)CS[C@@H]1O[C@H](CO)[C@H](O)[C@H](n2cc(-c3cc(F)c(F)c(F)c3)nn2)[C@H]1O. The molecule has 4 rings (SSSR count). The zero-order valence-corrected chi connectivity index (χ0v) is 20.8. The largest absolute Gasteiger partial charge is 0.394 e. The number of aliphatic hydroxyl groups is 3. The third kappa shape index (κ3) is 5.93. The average Bonchev–Trinajstić information content (AvgIpc) is 3.51. The Labute approximate surface area is 214 Å². The molecule has 1 aromatic carbocycles. The maximum Gasteiger partial charge on any atom is 0.232 e. The van der Waals surface area contributed by atoms with Gasteiger partial charge in [0.2, 0.25) is 5.91 Å². The molecule has 5 atom stereocenters. The van der Waals surface area contributed by atoms with Gasteiger partial charge < -0.3 is 25.0 Å². The number of carbonyl (C=O) groups is 1. The van der Waals surface area contributed by atoms with Crippen LogP contribution in [0.25, 0.3) is 11.3 Å². The maximum absolute atomic E-state index is 14.8. The Morgan fingerprint density at radius 1 is 1.22 bits per heavy atom. The van der Waals surface area contributed by atoms with Crippen LogP contribution in [0.15, 0.2) is 18.3 Å². The van der Waals surface area contributed by atoms with Gasteiger partial charge in [0.25, 0.3) is 0 Å². The van der Waals surface area contributed by atoms with Crippen LogP contribution >= 0.6 is 11.8 Å². The topological polar surface area (TPSA) is 121 Å². The first-order valence-corrected chi connectivity index (χ1v) is 12.8. The van der Waals surface area contributed by atoms with Gasteiger partial charge in [0.05, 0.1) is 25.1 Å². The molecule has 204 valence electrons. The highest BCUT2D eigenvalue weighted by atomic mass is 32.2. The Bertz CT molecular complexity index is 1100. The molecule has 2 heterocycles. The van der Waals surface area contributed by atoms with Gasteiger partial charge >= 0.3 is 0 Å². The molecular weight excluding hydrogens is 520 g/mol. The molecule has 14 heteroatoms. The number of carbonyl (C=O) groups excluding carboxylic acids is 1. The first-order chi connectivity index (χ1) is 17.5. The molecule has 0 spiro atoms. The fraction of sp³-hybridized carbons (Fsp3) is 0.609. The molecule has 1 amide bonds. The summed E-state index contributed by atoms with van der Waals surface area (Å²) in [7, 11) is 1.50. The zero-order chi connectivity index (χ0) is 26.9. The van der Waals surface area contributed by atoms with E-state index in [4.69, 9.17) is 4.74 Å². The van der Waals surface area contributed by atoms with Gasteiger partial charge in [-0.2, -0.15) is 0 Å². The molecule has 3 N–H and O–H groups in total. The Balaban J connectivity index is 1.47. The number of thioether (sulfide) groups is 1. The first kappa shape index (κ1) is 27.8. The predicted molar refractivity (Wildman–Crippen MR) is 125 cm³/mol. The van der Waals surface area contributed by atoms with Gasteiger partial charge in [-0.15, -0.1) is 16.9 Å². The number of nitrogens with zero attached hydrogens (tertiary/aromatic N) is 4. The number of benzene rings is 1. The van der Waals surface area contributed by atoms with E-state index in [2.05, 4.69) is 10.3 Å². The van der Waals surface area contributed by atoms with Gasteiger partial charge in [0.1, 0.15) is 41.2 Å². The van der Waals surface area contributed by atoms with Gasteiger partial charge in [-0.05, 0) is 25.0 Å². The number of hydrogen-bond donors (Lipinski definition) is 3. The molecule has 37 heavy (non-hydrogen) atoms. The van der Waals surface area contributed by atoms with Gasteiger partial charge in [0.15, 0.2) is 17.5 Å². The van der Waals surface area contributed by atoms with Gasteiger partial charge in [0, 0.05) is 12.6 Å². The van der Waals surface area contributed by atoms with Crippen molar-refractivity contribution in [1.82, 2.24) is 19.9 Å². The van der Waals surface area contributed by atoms with Crippen molar-refractivity contribution in [1.29, 1.82) is 0 Å². The van der Waals surface area contributed by atoms with E-state index in [-0.39, 0.29) is 29.5 Å². The summed E-state index contributed by atoms with van der Waals surface area (Å²) in [6, 6.07) is 0.252. The van der Waals surface area contributed by atoms with Crippen LogP contribution in [0.4, 0.5) is 17.6 Å². The third-order valence-corrected chi connectivity index (χ3v) is 7.89. The molecule has 1 saturated heterocycles. The normalized spacial score (nSPS) is 27.4. The first-order valence-electron chi connectivity index (χ1n) is 11.8. The summed E-state index contributed by atoms with van der Waals surface area (Å²) in [5, 5.41) is 39.0. The van der Waals surface area contributed by atoms with Crippen molar-refractivity contribution in [2.75, 3.05) is 26.0 Å². The number of aromatic nitrogens is 3. The molecule has 9 nitrogen and oxygen atoms in total. The van der Waals surface area contributed by atoms with Crippen molar-refractivity contribution in [3.8, 4) is 11.3 Å². The summed E-state index contributed by atoms with van der Waals surface area (Å²) >= 11 is 0.917. The molecule has 2 fully saturated rings. The van der Waals surface area contributed by atoms with Crippen LogP contribution in [0, 0.1) is 17.5 Å². The minimum absolute atomic E-state index is 0.0343. The van der Waals surface area contributed by atoms with Crippen LogP contribution < -0.4 is 0 Å². The van der Waals surface area contributed by atoms with Crippen LogP contribution in [0.1, 0.15) is 31.7 Å². The lowest BCUT2D eigenvalue weighted by Crippen LogP contribution is -2.55. The van der Waals surface area contributed by atoms with Crippen LogP contribution in [0.5, 0.6) is 0 Å². The summed E-state index contributed by atoms with van der Waals surface area (Å²) in [4.78, 5) is 13.9. The highest BCUT2D eigenvalue weighted by Crippen LogP contribution is 2.36. The molecule has 1 aliphatic carbocycles. The molecule has 0 radical (unpaired) electrons. The number of hydrogen-bond acceptors (Lipinski definition) is 8. The molecule has 0 unspecified atom stereocenters. The van der Waals surface area contributed by atoms with E-state index in [1.54, 1.807) is 0 Å². The second-order valence-corrected chi connectivity index (χ2v) is 10.5. The number of rotatable bonds is 8. The van der Waals surface area contributed by atoms with Crippen LogP contribution in [-0.4, -0.2) is 96.5 Å². The van der Waals surface area contributed by atoms with Crippen molar-refractivity contribution < 1.29 is 42.4 Å². The lowest BCUT2D eigenvalue weighted by atomic mass is 9.97. The number of aliphatic hydroxyl groups excluding tert-OH is 3. The number of amides is 1. The number of ether oxygens (including phenoxy) is 1. The lowest BCUT2D eigenvalue weighted by molar-refractivity contribution is -0.178. The summed E-state index contributed by atoms with van der Waals surface area (Å²) < 4.78 is 62.0. The number of halogens is 4. The molecule has 2 aliphatic rings. The lowest BCUT2D eigenvalue weighted by Gasteiger charge is -2.41. The minimum Gasteiger partial charge on any atom is -0.394 e. The third-order valence-electron chi connectivity index (χ3n) is 6.76. The van der Waals surface area contributed by atoms with Gasteiger partial charge in [-0.3, -0.25) is 4.79 Å². The van der Waals surface area contributed by atoms with Crippen LogP contribution in [-0.2, 0) is 9.53 Å². The average molecular weight is 549 g/mol. The van der Waals surface area contributed by atoms with E-state index in [9.17, 15) is 37.7 Å². The molecule has 2 aromatic rings. The monoisotopic (exact) mass is 548 g/mol. The predicted octanol–water partition coefficient (Wildman–Crippen LogP) is 1.82. The molecule has 1 saturated carbocycles. The summed E-state index contributed by atoms with van der Waals surface area (Å²) in [6.07, 6.45) is -0.507. The minimum atomic E-state index is -1.64. The van der Waals surface area contributed by atoms with E-state index in [0.29, 0.717) is 12.8 Å². The molecule has 1 aliphatic heterocycles. The zero-order valence-electron chi connectivity index (χ0n) is 19.9. The van der Waals surface area contributed by atoms with Gasteiger partial charge in [-0.1, -0.05) is 18.1 Å². The van der Waals surface area contributed by atoms with E-state index >= 15 is 0 Å². The summed E-state index contributed by atoms with van der Waals surface area (Å²) in [5.41, 5.74) is -2.67. The van der Waals surface area contributed by atoms with E-state index in [0.717, 1.165) is 41.4 Å². The second kappa shape index (κ2) is 11.2. The Morgan fingerprint density at radius 2 is 1.86 bits per heavy atom. The van der Waals surface area contributed by atoms with Crippen LogP contribution in [0.3, 0.4) is 0 Å². The Hall–Kier alpha value is -2.26. The number of alkyl halides is 1. The van der Waals surface area contributed by atoms with E-state index in [1.165, 1.54) is 18.1 Å². The smallest absolute Gasteiger partial charge is 0.232 e. The van der Waals surface area contributed by atoms with E-state index < -0.39 is 59.5 Å². The highest BCUT2D eigenvalue weighted by molar-refractivity contribution is 8.00. The molecule has 1 aromatic heterocycles. The quantitative estimate of drug-likeness (QED) is 0.338. The Morgan fingerprint density at radius 3 is 2.49 bits per heavy atom. The fourth-order valence-corrected chi connectivity index (χ4v) is 5.83. The summed E-state index contributed by atoms with van der Waals surface area (Å²) in [5.74, 6) is -5.02. The van der Waals surface area contributed by atoms with Crippen molar-refractivity contribution in [2.45, 2.75) is 61.1 Å². The van der Waals surface area contributed by atoms with Crippen LogP contribution in [0.2, 0.25) is 0 Å². The highest BCUT2D eigenvalue weighted by Gasteiger charge is 2.46. The van der Waals surface area contributed by atoms with E-state index in [1.807, 2.05) is 0 Å². The van der Waals surface area contributed by atoms with Crippen molar-refractivity contribution >= 4 is 17.7 Å². The standard InChI is InChI=1S/C23H28F4N4O5S/c1-30(11-23(27)4-2-3-5-23)17(33)10-37-22-21(35)19(20(34)16(9-32)36-22)31-8-15(28-29-31)12-6-13(24)18(26)14(25)7-12/h6-8,16,19-22,32,34-35H,2-5,9-11H2,1H3/t16-,19+,20+,21-,22+/m1/s1. The van der Waals surface area contributed by atoms with Crippen molar-refractivity contribution in [2.24, 2.45) is 0 Å².